The van der Waals surface area contributed by atoms with E-state index >= 15 is 0 Å². The monoisotopic (exact) mass is 480 g/mol. The predicted molar refractivity (Wildman–Crippen MR) is 130 cm³/mol. The van der Waals surface area contributed by atoms with Gasteiger partial charge in [-0.05, 0) is 50.5 Å². The number of anilines is 1. The van der Waals surface area contributed by atoms with Crippen LogP contribution in [0.15, 0.2) is 57.1 Å². The Morgan fingerprint density at radius 1 is 1.09 bits per heavy atom. The van der Waals surface area contributed by atoms with Crippen LogP contribution in [0, 0.1) is 19.8 Å². The SMILES string of the molecule is Cc1ccc(C)c(-c2csc(NC(=O)C3CCN(C4=NS(=O)(=O)c5ccccc54)CC3)n2)c1. The number of carbonyl (C=O) groups is 1. The second kappa shape index (κ2) is 8.39. The van der Waals surface area contributed by atoms with E-state index in [0.29, 0.717) is 42.5 Å². The molecule has 1 N–H and O–H groups in total. The number of hydrogen-bond donors (Lipinski definition) is 1. The zero-order valence-electron chi connectivity index (χ0n) is 18.4. The number of aromatic nitrogens is 1. The standard InChI is InChI=1S/C24H24N4O3S2/c1-15-7-8-16(2)19(13-15)20-14-32-24(25-20)26-23(29)17-9-11-28(12-10-17)22-18-5-3-4-6-21(18)33(30,31)27-22/h3-8,13-14,17H,9-12H2,1-2H3,(H,25,26,29). The molecule has 7 nitrogen and oxygen atoms in total. The molecule has 33 heavy (non-hydrogen) atoms. The maximum Gasteiger partial charge on any atom is 0.285 e. The Morgan fingerprint density at radius 2 is 1.85 bits per heavy atom. The number of fused-ring (bicyclic) bond motifs is 1. The van der Waals surface area contributed by atoms with Crippen LogP contribution in [0.1, 0.15) is 29.5 Å². The molecule has 1 fully saturated rings. The summed E-state index contributed by atoms with van der Waals surface area (Å²) in [6.07, 6.45) is 1.25. The lowest BCUT2D eigenvalue weighted by atomic mass is 9.95. The molecule has 1 aromatic heterocycles. The predicted octanol–water partition coefficient (Wildman–Crippen LogP) is 4.23. The van der Waals surface area contributed by atoms with Crippen molar-refractivity contribution in [2.75, 3.05) is 18.4 Å². The van der Waals surface area contributed by atoms with Gasteiger partial charge in [-0.1, -0.05) is 29.8 Å². The van der Waals surface area contributed by atoms with Gasteiger partial charge in [0.2, 0.25) is 5.91 Å². The van der Waals surface area contributed by atoms with Crippen molar-refractivity contribution in [2.45, 2.75) is 31.6 Å². The first-order valence-corrected chi connectivity index (χ1v) is 13.2. The van der Waals surface area contributed by atoms with E-state index in [-0.39, 0.29) is 16.7 Å². The second-order valence-corrected chi connectivity index (χ2v) is 10.9. The van der Waals surface area contributed by atoms with Gasteiger partial charge < -0.3 is 10.2 Å². The first-order chi connectivity index (χ1) is 15.8. The van der Waals surface area contributed by atoms with Crippen molar-refractivity contribution >= 4 is 38.2 Å². The molecule has 0 radical (unpaired) electrons. The fraction of sp³-hybridized carbons (Fsp3) is 0.292. The molecule has 0 unspecified atom stereocenters. The first kappa shape index (κ1) is 21.8. The van der Waals surface area contributed by atoms with Crippen molar-refractivity contribution in [3.63, 3.8) is 0 Å². The second-order valence-electron chi connectivity index (χ2n) is 8.49. The van der Waals surface area contributed by atoms with Crippen LogP contribution < -0.4 is 5.32 Å². The van der Waals surface area contributed by atoms with E-state index < -0.39 is 10.0 Å². The molecule has 3 heterocycles. The molecule has 1 saturated heterocycles. The van der Waals surface area contributed by atoms with Crippen LogP contribution in [-0.4, -0.2) is 43.1 Å². The van der Waals surface area contributed by atoms with Gasteiger partial charge in [0, 0.05) is 35.5 Å². The molecule has 3 aromatic rings. The fourth-order valence-corrected chi connectivity index (χ4v) is 6.29. The Hall–Kier alpha value is -3.04. The average Bonchev–Trinajstić information content (AvgIpc) is 3.38. The number of nitrogens with zero attached hydrogens (tertiary/aromatic N) is 3. The molecule has 9 heteroatoms. The molecule has 0 spiro atoms. The molecule has 2 aliphatic rings. The van der Waals surface area contributed by atoms with Gasteiger partial charge in [0.25, 0.3) is 10.0 Å². The molecule has 2 aromatic carbocycles. The van der Waals surface area contributed by atoms with E-state index in [1.807, 2.05) is 16.3 Å². The van der Waals surface area contributed by atoms with Crippen LogP contribution in [0.3, 0.4) is 0 Å². The number of likely N-dealkylation sites (tertiary alicyclic amines) is 1. The maximum atomic E-state index is 12.9. The van der Waals surface area contributed by atoms with Crippen LogP contribution in [0.5, 0.6) is 0 Å². The lowest BCUT2D eigenvalue weighted by Gasteiger charge is -2.32. The van der Waals surface area contributed by atoms with Crippen molar-refractivity contribution in [2.24, 2.45) is 10.3 Å². The van der Waals surface area contributed by atoms with Gasteiger partial charge in [0.15, 0.2) is 11.0 Å². The van der Waals surface area contributed by atoms with E-state index in [4.69, 9.17) is 0 Å². The first-order valence-electron chi connectivity index (χ1n) is 10.9. The topological polar surface area (TPSA) is 91.7 Å². The highest BCUT2D eigenvalue weighted by Gasteiger charge is 2.34. The lowest BCUT2D eigenvalue weighted by Crippen LogP contribution is -2.41. The van der Waals surface area contributed by atoms with Gasteiger partial charge in [-0.2, -0.15) is 8.42 Å². The van der Waals surface area contributed by atoms with Crippen LogP contribution in [0.2, 0.25) is 0 Å². The van der Waals surface area contributed by atoms with Crippen molar-refractivity contribution in [3.05, 3.63) is 64.5 Å². The van der Waals surface area contributed by atoms with Crippen LogP contribution in [0.25, 0.3) is 11.3 Å². The van der Waals surface area contributed by atoms with E-state index in [0.717, 1.165) is 16.8 Å². The normalized spacial score (nSPS) is 17.5. The Kier molecular flexibility index (Phi) is 5.54. The minimum Gasteiger partial charge on any atom is -0.355 e. The van der Waals surface area contributed by atoms with Crippen molar-refractivity contribution in [1.29, 1.82) is 0 Å². The quantitative estimate of drug-likeness (QED) is 0.606. The minimum atomic E-state index is -3.64. The molecule has 5 rings (SSSR count). The number of benzene rings is 2. The molecule has 0 saturated carbocycles. The van der Waals surface area contributed by atoms with Crippen LogP contribution in [-0.2, 0) is 14.8 Å². The average molecular weight is 481 g/mol. The zero-order chi connectivity index (χ0) is 23.2. The number of hydrogen-bond acceptors (Lipinski definition) is 6. The summed E-state index contributed by atoms with van der Waals surface area (Å²) in [5.41, 5.74) is 4.90. The van der Waals surface area contributed by atoms with Gasteiger partial charge in [0.1, 0.15) is 4.90 Å². The summed E-state index contributed by atoms with van der Waals surface area (Å²) >= 11 is 1.42. The van der Waals surface area contributed by atoms with E-state index in [1.165, 1.54) is 16.9 Å². The third-order valence-electron chi connectivity index (χ3n) is 6.18. The fourth-order valence-electron chi connectivity index (χ4n) is 4.34. The van der Waals surface area contributed by atoms with Crippen LogP contribution >= 0.6 is 11.3 Å². The summed E-state index contributed by atoms with van der Waals surface area (Å²) in [4.78, 5) is 19.7. The summed E-state index contributed by atoms with van der Waals surface area (Å²) in [6.45, 7) is 5.26. The highest BCUT2D eigenvalue weighted by molar-refractivity contribution is 7.90. The molecule has 0 atom stereocenters. The number of sulfonamides is 1. The summed E-state index contributed by atoms with van der Waals surface area (Å²) in [5, 5.41) is 5.54. The van der Waals surface area contributed by atoms with Gasteiger partial charge >= 0.3 is 0 Å². The van der Waals surface area contributed by atoms with E-state index in [9.17, 15) is 13.2 Å². The highest BCUT2D eigenvalue weighted by atomic mass is 32.2. The number of amides is 1. The number of amidine groups is 1. The molecular weight excluding hydrogens is 456 g/mol. The van der Waals surface area contributed by atoms with Crippen molar-refractivity contribution < 1.29 is 13.2 Å². The Balaban J connectivity index is 1.23. The van der Waals surface area contributed by atoms with Gasteiger partial charge in [-0.3, -0.25) is 4.79 Å². The van der Waals surface area contributed by atoms with E-state index in [1.54, 1.807) is 18.2 Å². The molecule has 1 amide bonds. The number of aryl methyl sites for hydroxylation is 2. The number of rotatable bonds is 3. The third kappa shape index (κ3) is 4.18. The zero-order valence-corrected chi connectivity index (χ0v) is 20.0. The molecular formula is C24H24N4O3S2. The highest BCUT2D eigenvalue weighted by Crippen LogP contribution is 2.31. The summed E-state index contributed by atoms with van der Waals surface area (Å²) in [7, 11) is -3.64. The number of carbonyl (C=O) groups excluding carboxylic acids is 1. The lowest BCUT2D eigenvalue weighted by molar-refractivity contribution is -0.120. The smallest absolute Gasteiger partial charge is 0.285 e. The van der Waals surface area contributed by atoms with E-state index in [2.05, 4.69) is 46.7 Å². The summed E-state index contributed by atoms with van der Waals surface area (Å²) in [5.74, 6) is 0.295. The van der Waals surface area contributed by atoms with Crippen molar-refractivity contribution in [1.82, 2.24) is 9.88 Å². The molecule has 0 bridgehead atoms. The summed E-state index contributed by atoms with van der Waals surface area (Å²) < 4.78 is 28.7. The molecule has 2 aliphatic heterocycles. The van der Waals surface area contributed by atoms with Gasteiger partial charge in [0.05, 0.1) is 5.69 Å². The summed E-state index contributed by atoms with van der Waals surface area (Å²) in [6, 6.07) is 13.1. The number of piperidine rings is 1. The Labute approximate surface area is 197 Å². The van der Waals surface area contributed by atoms with Gasteiger partial charge in [-0.25, -0.2) is 4.98 Å². The Morgan fingerprint density at radius 3 is 2.64 bits per heavy atom. The largest absolute Gasteiger partial charge is 0.355 e. The third-order valence-corrected chi connectivity index (χ3v) is 8.26. The maximum absolute atomic E-state index is 12.9. The number of nitrogens with one attached hydrogen (secondary N) is 1. The number of thiazole rings is 1. The van der Waals surface area contributed by atoms with Crippen LogP contribution in [0.4, 0.5) is 5.13 Å². The molecule has 0 aliphatic carbocycles. The Bertz CT molecular complexity index is 1370. The molecule has 170 valence electrons. The minimum absolute atomic E-state index is 0.0436. The van der Waals surface area contributed by atoms with Gasteiger partial charge in [-0.15, -0.1) is 15.7 Å². The van der Waals surface area contributed by atoms with Crippen molar-refractivity contribution in [3.8, 4) is 11.3 Å².